The summed E-state index contributed by atoms with van der Waals surface area (Å²) < 4.78 is 1.77. The van der Waals surface area contributed by atoms with Crippen LogP contribution < -0.4 is 5.56 Å². The minimum absolute atomic E-state index is 0.146. The van der Waals surface area contributed by atoms with Crippen LogP contribution in [0.15, 0.2) is 58.7 Å². The molecule has 1 atom stereocenters. The molecule has 0 spiro atoms. The van der Waals surface area contributed by atoms with Crippen molar-refractivity contribution in [3.05, 3.63) is 91.7 Å². The van der Waals surface area contributed by atoms with Gasteiger partial charge in [0.1, 0.15) is 5.01 Å². The molecule has 2 aromatic carbocycles. The third-order valence-corrected chi connectivity index (χ3v) is 9.38. The van der Waals surface area contributed by atoms with Crippen molar-refractivity contribution < 1.29 is 14.7 Å². The number of thiazole rings is 1. The van der Waals surface area contributed by atoms with Crippen LogP contribution in [0.3, 0.4) is 0 Å². The molecule has 0 aliphatic carbocycles. The molecule has 5 rings (SSSR count). The highest BCUT2D eigenvalue weighted by Gasteiger charge is 2.32. The van der Waals surface area contributed by atoms with Gasteiger partial charge in [-0.25, -0.2) is 4.98 Å². The molecule has 2 aromatic heterocycles. The SMILES string of the molecule is CCc1cccc(CC)c1-n1c(CC(C)C)c(C(=O)N2CCC[C@@H](C(=O)O)C2)cc(-c2nc(-c3ccc(Cl)cc3)cs2)c1=O. The molecule has 44 heavy (non-hydrogen) atoms. The van der Waals surface area contributed by atoms with Crippen molar-refractivity contribution in [2.75, 3.05) is 13.1 Å². The fourth-order valence-electron chi connectivity index (χ4n) is 6.00. The van der Waals surface area contributed by atoms with Crippen LogP contribution in [0.25, 0.3) is 27.5 Å². The average molecular weight is 632 g/mol. The zero-order valence-electron chi connectivity index (χ0n) is 25.6. The number of aromatic nitrogens is 2. The number of hydrogen-bond acceptors (Lipinski definition) is 5. The molecular formula is C35H38ClN3O4S. The molecule has 1 aliphatic heterocycles. The summed E-state index contributed by atoms with van der Waals surface area (Å²) >= 11 is 7.46. The number of carboxylic acid groups (broad SMARTS) is 1. The third kappa shape index (κ3) is 6.37. The molecule has 0 saturated carbocycles. The standard InChI is InChI=1S/C35H38ClN3O4S/c1-5-22-9-7-10-23(6-2)31(22)39-30(17-21(3)4)27(33(40)38-16-8-11-25(19-38)35(42)43)18-28(34(39)41)32-37-29(20-44-32)24-12-14-26(36)15-13-24/h7,9-10,12-15,18,20-21,25H,5-6,8,11,16-17,19H2,1-4H3,(H,42,43)/t25-/m1/s1. The van der Waals surface area contributed by atoms with Gasteiger partial charge >= 0.3 is 5.97 Å². The Kier molecular flexibility index (Phi) is 9.71. The molecule has 7 nitrogen and oxygen atoms in total. The molecule has 1 N–H and O–H groups in total. The molecule has 1 aliphatic rings. The lowest BCUT2D eigenvalue weighted by molar-refractivity contribution is -0.143. The lowest BCUT2D eigenvalue weighted by Crippen LogP contribution is -2.43. The molecule has 9 heteroatoms. The van der Waals surface area contributed by atoms with E-state index in [0.717, 1.165) is 28.1 Å². The Hall–Kier alpha value is -3.75. The van der Waals surface area contributed by atoms with Gasteiger partial charge in [-0.1, -0.05) is 69.6 Å². The molecule has 1 amide bonds. The quantitative estimate of drug-likeness (QED) is 0.206. The van der Waals surface area contributed by atoms with Crippen LogP contribution in [0.2, 0.25) is 5.02 Å². The molecule has 0 bridgehead atoms. The lowest BCUT2D eigenvalue weighted by atomic mass is 9.95. The number of benzene rings is 2. The van der Waals surface area contributed by atoms with Crippen LogP contribution in [-0.2, 0) is 24.1 Å². The second-order valence-corrected chi connectivity index (χ2v) is 13.1. The predicted molar refractivity (Wildman–Crippen MR) is 177 cm³/mol. The number of aliphatic carboxylic acids is 1. The molecule has 4 aromatic rings. The summed E-state index contributed by atoms with van der Waals surface area (Å²) in [6.07, 6.45) is 3.09. The van der Waals surface area contributed by atoms with E-state index in [2.05, 4.69) is 27.7 Å². The summed E-state index contributed by atoms with van der Waals surface area (Å²) in [7, 11) is 0. The Morgan fingerprint density at radius 1 is 1.09 bits per heavy atom. The number of halogens is 1. The average Bonchev–Trinajstić information content (AvgIpc) is 3.51. The van der Waals surface area contributed by atoms with Crippen LogP contribution in [0.5, 0.6) is 0 Å². The van der Waals surface area contributed by atoms with Crippen molar-refractivity contribution in [2.45, 2.75) is 59.8 Å². The van der Waals surface area contributed by atoms with Gasteiger partial charge in [-0.15, -0.1) is 11.3 Å². The Morgan fingerprint density at radius 3 is 2.39 bits per heavy atom. The van der Waals surface area contributed by atoms with Gasteiger partial charge in [0.15, 0.2) is 0 Å². The highest BCUT2D eigenvalue weighted by molar-refractivity contribution is 7.13. The van der Waals surface area contributed by atoms with Crippen molar-refractivity contribution >= 4 is 34.8 Å². The van der Waals surface area contributed by atoms with Crippen LogP contribution in [0, 0.1) is 11.8 Å². The summed E-state index contributed by atoms with van der Waals surface area (Å²) in [5.41, 5.74) is 5.69. The maximum absolute atomic E-state index is 14.7. The van der Waals surface area contributed by atoms with Gasteiger partial charge in [-0.2, -0.15) is 0 Å². The van der Waals surface area contributed by atoms with Crippen molar-refractivity contribution in [3.8, 4) is 27.5 Å². The number of amides is 1. The van der Waals surface area contributed by atoms with E-state index < -0.39 is 11.9 Å². The largest absolute Gasteiger partial charge is 0.481 e. The normalized spacial score (nSPS) is 15.1. The number of rotatable bonds is 9. The van der Waals surface area contributed by atoms with E-state index in [1.54, 1.807) is 27.7 Å². The smallest absolute Gasteiger partial charge is 0.308 e. The first-order chi connectivity index (χ1) is 21.1. The Labute approximate surface area is 267 Å². The molecule has 1 saturated heterocycles. The monoisotopic (exact) mass is 631 g/mol. The number of carboxylic acids is 1. The summed E-state index contributed by atoms with van der Waals surface area (Å²) in [6, 6.07) is 15.2. The first-order valence-electron chi connectivity index (χ1n) is 15.3. The first kappa shape index (κ1) is 31.7. The number of para-hydroxylation sites is 1. The van der Waals surface area contributed by atoms with E-state index >= 15 is 0 Å². The fourth-order valence-corrected chi connectivity index (χ4v) is 6.96. The summed E-state index contributed by atoms with van der Waals surface area (Å²) in [4.78, 5) is 47.5. The van der Waals surface area contributed by atoms with E-state index in [1.807, 2.05) is 35.7 Å². The van der Waals surface area contributed by atoms with Crippen molar-refractivity contribution in [3.63, 3.8) is 0 Å². The van der Waals surface area contributed by atoms with Gasteiger partial charge in [0.25, 0.3) is 11.5 Å². The molecule has 230 valence electrons. The predicted octanol–water partition coefficient (Wildman–Crippen LogP) is 7.54. The van der Waals surface area contributed by atoms with Crippen LogP contribution in [0.1, 0.15) is 67.7 Å². The number of carbonyl (C=O) groups excluding carboxylic acids is 1. The highest BCUT2D eigenvalue weighted by atomic mass is 35.5. The van der Waals surface area contributed by atoms with Gasteiger partial charge in [0, 0.05) is 34.7 Å². The van der Waals surface area contributed by atoms with Gasteiger partial charge in [-0.3, -0.25) is 19.0 Å². The molecule has 0 unspecified atom stereocenters. The topological polar surface area (TPSA) is 92.5 Å². The molecule has 3 heterocycles. The molecule has 1 fully saturated rings. The number of piperidine rings is 1. The van der Waals surface area contributed by atoms with Gasteiger partial charge in [0.2, 0.25) is 0 Å². The number of carbonyl (C=O) groups is 2. The summed E-state index contributed by atoms with van der Waals surface area (Å²) in [5, 5.41) is 12.8. The van der Waals surface area contributed by atoms with Gasteiger partial charge in [-0.05, 0) is 67.3 Å². The van der Waals surface area contributed by atoms with Crippen LogP contribution >= 0.6 is 22.9 Å². The fraction of sp³-hybridized carbons (Fsp3) is 0.371. The van der Waals surface area contributed by atoms with E-state index in [0.29, 0.717) is 65.5 Å². The Bertz CT molecular complexity index is 1720. The zero-order chi connectivity index (χ0) is 31.5. The van der Waals surface area contributed by atoms with Crippen LogP contribution in [-0.4, -0.2) is 44.5 Å². The number of nitrogens with zero attached hydrogens (tertiary/aromatic N) is 3. The first-order valence-corrected chi connectivity index (χ1v) is 16.5. The summed E-state index contributed by atoms with van der Waals surface area (Å²) in [5.74, 6) is -1.60. The highest BCUT2D eigenvalue weighted by Crippen LogP contribution is 2.32. The Balaban J connectivity index is 1.78. The van der Waals surface area contributed by atoms with Crippen molar-refractivity contribution in [2.24, 2.45) is 11.8 Å². The second-order valence-electron chi connectivity index (χ2n) is 11.8. The minimum Gasteiger partial charge on any atom is -0.481 e. The molecular weight excluding hydrogens is 594 g/mol. The second kappa shape index (κ2) is 13.5. The van der Waals surface area contributed by atoms with E-state index in [4.69, 9.17) is 16.6 Å². The van der Waals surface area contributed by atoms with Crippen LogP contribution in [0.4, 0.5) is 0 Å². The number of pyridine rings is 1. The van der Waals surface area contributed by atoms with Gasteiger partial charge < -0.3 is 10.0 Å². The lowest BCUT2D eigenvalue weighted by Gasteiger charge is -2.32. The summed E-state index contributed by atoms with van der Waals surface area (Å²) in [6.45, 7) is 8.91. The number of hydrogen-bond donors (Lipinski definition) is 1. The maximum Gasteiger partial charge on any atom is 0.308 e. The molecule has 0 radical (unpaired) electrons. The van der Waals surface area contributed by atoms with E-state index in [1.165, 1.54) is 11.3 Å². The van der Waals surface area contributed by atoms with Gasteiger partial charge in [0.05, 0.1) is 28.4 Å². The Morgan fingerprint density at radius 2 is 1.77 bits per heavy atom. The minimum atomic E-state index is -0.891. The number of aryl methyl sites for hydroxylation is 2. The zero-order valence-corrected chi connectivity index (χ0v) is 27.2. The van der Waals surface area contributed by atoms with E-state index in [9.17, 15) is 19.5 Å². The van der Waals surface area contributed by atoms with Crippen molar-refractivity contribution in [1.29, 1.82) is 0 Å². The van der Waals surface area contributed by atoms with E-state index in [-0.39, 0.29) is 23.9 Å². The number of likely N-dealkylation sites (tertiary alicyclic amines) is 1. The maximum atomic E-state index is 14.7. The van der Waals surface area contributed by atoms with Crippen molar-refractivity contribution in [1.82, 2.24) is 14.5 Å². The third-order valence-electron chi connectivity index (χ3n) is 8.26.